The standard InChI is InChI=1S/C14H15ClN2O2/c1-4-5-6-9-14(15)17-11-8-13(19-3)12(18-2)7-10(11)16-9/h4,7-8H,1,5-6H2,2-3H3. The molecule has 5 heteroatoms. The molecule has 1 aromatic carbocycles. The Morgan fingerprint density at radius 2 is 1.74 bits per heavy atom. The maximum absolute atomic E-state index is 6.13. The summed E-state index contributed by atoms with van der Waals surface area (Å²) >= 11 is 6.13. The van der Waals surface area contributed by atoms with E-state index in [1.54, 1.807) is 26.4 Å². The van der Waals surface area contributed by atoms with E-state index in [1.807, 2.05) is 6.08 Å². The van der Waals surface area contributed by atoms with Gasteiger partial charge in [-0.05, 0) is 12.8 Å². The van der Waals surface area contributed by atoms with E-state index < -0.39 is 0 Å². The minimum atomic E-state index is 0.418. The number of rotatable bonds is 5. The zero-order valence-electron chi connectivity index (χ0n) is 10.9. The molecule has 100 valence electrons. The van der Waals surface area contributed by atoms with E-state index in [4.69, 9.17) is 21.1 Å². The van der Waals surface area contributed by atoms with Gasteiger partial charge < -0.3 is 9.47 Å². The van der Waals surface area contributed by atoms with Gasteiger partial charge in [0.1, 0.15) is 0 Å². The quantitative estimate of drug-likeness (QED) is 0.786. The highest BCUT2D eigenvalue weighted by Crippen LogP contribution is 2.31. The molecule has 1 aromatic heterocycles. The number of methoxy groups -OCH3 is 2. The maximum Gasteiger partial charge on any atom is 0.163 e. The molecule has 0 saturated carbocycles. The molecule has 0 bridgehead atoms. The van der Waals surface area contributed by atoms with E-state index in [9.17, 15) is 0 Å². The van der Waals surface area contributed by atoms with Gasteiger partial charge in [-0.1, -0.05) is 17.7 Å². The lowest BCUT2D eigenvalue weighted by molar-refractivity contribution is 0.355. The summed E-state index contributed by atoms with van der Waals surface area (Å²) in [5.74, 6) is 1.24. The largest absolute Gasteiger partial charge is 0.493 e. The number of halogens is 1. The average molecular weight is 279 g/mol. The zero-order chi connectivity index (χ0) is 13.8. The summed E-state index contributed by atoms with van der Waals surface area (Å²) in [7, 11) is 3.17. The number of hydrogen-bond acceptors (Lipinski definition) is 4. The van der Waals surface area contributed by atoms with Gasteiger partial charge in [0.25, 0.3) is 0 Å². The Labute approximate surface area is 117 Å². The predicted octanol–water partition coefficient (Wildman–Crippen LogP) is 3.42. The second-order valence-electron chi connectivity index (χ2n) is 3.98. The Bertz CT molecular complexity index is 614. The molecule has 0 aliphatic carbocycles. The number of allylic oxidation sites excluding steroid dienone is 1. The molecule has 0 fully saturated rings. The first kappa shape index (κ1) is 13.6. The average Bonchev–Trinajstić information content (AvgIpc) is 2.43. The van der Waals surface area contributed by atoms with Gasteiger partial charge in [-0.25, -0.2) is 9.97 Å². The molecule has 0 radical (unpaired) electrons. The third kappa shape index (κ3) is 2.79. The number of benzene rings is 1. The SMILES string of the molecule is C=CCCc1nc2cc(OC)c(OC)cc2nc1Cl. The molecular formula is C14H15ClN2O2. The van der Waals surface area contributed by atoms with Crippen molar-refractivity contribution < 1.29 is 9.47 Å². The molecule has 0 aliphatic heterocycles. The number of aryl methyl sites for hydroxylation is 1. The molecule has 0 amide bonds. The molecule has 1 heterocycles. The highest BCUT2D eigenvalue weighted by molar-refractivity contribution is 6.30. The van der Waals surface area contributed by atoms with Crippen LogP contribution in [0.3, 0.4) is 0 Å². The van der Waals surface area contributed by atoms with Gasteiger partial charge in [0.05, 0.1) is 30.9 Å². The van der Waals surface area contributed by atoms with Crippen molar-refractivity contribution >= 4 is 22.6 Å². The lowest BCUT2D eigenvalue weighted by atomic mass is 10.2. The van der Waals surface area contributed by atoms with Crippen LogP contribution < -0.4 is 9.47 Å². The molecule has 0 N–H and O–H groups in total. The summed E-state index contributed by atoms with van der Waals surface area (Å²) in [6, 6.07) is 3.57. The van der Waals surface area contributed by atoms with Crippen LogP contribution in [0, 0.1) is 0 Å². The first-order valence-electron chi connectivity index (χ1n) is 5.88. The van der Waals surface area contributed by atoms with E-state index in [1.165, 1.54) is 0 Å². The molecule has 0 saturated heterocycles. The number of hydrogen-bond donors (Lipinski definition) is 0. The normalized spacial score (nSPS) is 10.5. The van der Waals surface area contributed by atoms with Gasteiger partial charge in [-0.15, -0.1) is 6.58 Å². The van der Waals surface area contributed by atoms with Crippen LogP contribution in [-0.4, -0.2) is 24.2 Å². The topological polar surface area (TPSA) is 44.2 Å². The fraction of sp³-hybridized carbons (Fsp3) is 0.286. The molecule has 2 rings (SSSR count). The van der Waals surface area contributed by atoms with Crippen molar-refractivity contribution in [3.05, 3.63) is 35.6 Å². The van der Waals surface area contributed by atoms with E-state index in [0.717, 1.165) is 24.1 Å². The summed E-state index contributed by atoms with van der Waals surface area (Å²) in [6.07, 6.45) is 3.36. The van der Waals surface area contributed by atoms with Gasteiger partial charge >= 0.3 is 0 Å². The summed E-state index contributed by atoms with van der Waals surface area (Å²) in [5.41, 5.74) is 2.19. The molecular weight excluding hydrogens is 264 g/mol. The van der Waals surface area contributed by atoms with Crippen LogP contribution in [0.4, 0.5) is 0 Å². The predicted molar refractivity (Wildman–Crippen MR) is 76.2 cm³/mol. The molecule has 0 atom stereocenters. The van der Waals surface area contributed by atoms with Crippen LogP contribution in [0.15, 0.2) is 24.8 Å². The van der Waals surface area contributed by atoms with Crippen LogP contribution >= 0.6 is 11.6 Å². The van der Waals surface area contributed by atoms with Gasteiger partial charge in [-0.2, -0.15) is 0 Å². The molecule has 0 unspecified atom stereocenters. The monoisotopic (exact) mass is 278 g/mol. The summed E-state index contributed by atoms with van der Waals surface area (Å²) < 4.78 is 10.5. The first-order chi connectivity index (χ1) is 9.19. The van der Waals surface area contributed by atoms with Crippen LogP contribution in [0.1, 0.15) is 12.1 Å². The van der Waals surface area contributed by atoms with E-state index >= 15 is 0 Å². The van der Waals surface area contributed by atoms with E-state index in [2.05, 4.69) is 16.5 Å². The van der Waals surface area contributed by atoms with Gasteiger partial charge in [0, 0.05) is 12.1 Å². The van der Waals surface area contributed by atoms with Crippen LogP contribution in [-0.2, 0) is 6.42 Å². The highest BCUT2D eigenvalue weighted by atomic mass is 35.5. The molecule has 0 spiro atoms. The molecule has 19 heavy (non-hydrogen) atoms. The minimum Gasteiger partial charge on any atom is -0.493 e. The number of nitrogens with zero attached hydrogens (tertiary/aromatic N) is 2. The van der Waals surface area contributed by atoms with Crippen LogP contribution in [0.5, 0.6) is 11.5 Å². The maximum atomic E-state index is 6.13. The van der Waals surface area contributed by atoms with Gasteiger partial charge in [-0.3, -0.25) is 0 Å². The fourth-order valence-corrected chi connectivity index (χ4v) is 2.02. The van der Waals surface area contributed by atoms with Crippen molar-refractivity contribution in [2.24, 2.45) is 0 Å². The van der Waals surface area contributed by atoms with E-state index in [0.29, 0.717) is 22.2 Å². The van der Waals surface area contributed by atoms with E-state index in [-0.39, 0.29) is 0 Å². The van der Waals surface area contributed by atoms with Gasteiger partial charge in [0.2, 0.25) is 0 Å². The second kappa shape index (κ2) is 5.89. The molecule has 0 aliphatic rings. The molecule has 4 nitrogen and oxygen atoms in total. The smallest absolute Gasteiger partial charge is 0.163 e. The summed E-state index contributed by atoms with van der Waals surface area (Å²) in [4.78, 5) is 8.86. The third-order valence-corrected chi connectivity index (χ3v) is 3.08. The van der Waals surface area contributed by atoms with Crippen molar-refractivity contribution in [3.8, 4) is 11.5 Å². The summed E-state index contributed by atoms with van der Waals surface area (Å²) in [6.45, 7) is 3.69. The van der Waals surface area contributed by atoms with Crippen LogP contribution in [0.2, 0.25) is 5.15 Å². The Morgan fingerprint density at radius 1 is 1.16 bits per heavy atom. The Morgan fingerprint density at radius 3 is 2.26 bits per heavy atom. The third-order valence-electron chi connectivity index (χ3n) is 2.78. The second-order valence-corrected chi connectivity index (χ2v) is 4.34. The molecule has 2 aromatic rings. The Kier molecular flexibility index (Phi) is 4.22. The lowest BCUT2D eigenvalue weighted by Gasteiger charge is -2.10. The highest BCUT2D eigenvalue weighted by Gasteiger charge is 2.11. The number of fused-ring (bicyclic) bond motifs is 1. The number of ether oxygens (including phenoxy) is 2. The Balaban J connectivity index is 2.55. The van der Waals surface area contributed by atoms with Crippen molar-refractivity contribution in [3.63, 3.8) is 0 Å². The van der Waals surface area contributed by atoms with Crippen LogP contribution in [0.25, 0.3) is 11.0 Å². The first-order valence-corrected chi connectivity index (χ1v) is 6.26. The lowest BCUT2D eigenvalue weighted by Crippen LogP contribution is -1.97. The summed E-state index contributed by atoms with van der Waals surface area (Å²) in [5, 5.41) is 0.418. The van der Waals surface area contributed by atoms with Crippen molar-refractivity contribution in [1.29, 1.82) is 0 Å². The minimum absolute atomic E-state index is 0.418. The Hall–Kier alpha value is -1.81. The zero-order valence-corrected chi connectivity index (χ0v) is 11.7. The fourth-order valence-electron chi connectivity index (χ4n) is 1.80. The van der Waals surface area contributed by atoms with Gasteiger partial charge in [0.15, 0.2) is 16.7 Å². The number of aromatic nitrogens is 2. The van der Waals surface area contributed by atoms with Crippen molar-refractivity contribution in [2.75, 3.05) is 14.2 Å². The van der Waals surface area contributed by atoms with Crippen molar-refractivity contribution in [1.82, 2.24) is 9.97 Å². The van der Waals surface area contributed by atoms with Crippen molar-refractivity contribution in [2.45, 2.75) is 12.8 Å².